The van der Waals surface area contributed by atoms with Gasteiger partial charge in [0.2, 0.25) is 0 Å². The summed E-state index contributed by atoms with van der Waals surface area (Å²) < 4.78 is 15.8. The summed E-state index contributed by atoms with van der Waals surface area (Å²) in [6.07, 6.45) is 4.29. The topological polar surface area (TPSA) is 53.3 Å². The van der Waals surface area contributed by atoms with Gasteiger partial charge in [-0.3, -0.25) is 4.98 Å². The molecule has 0 spiro atoms. The zero-order chi connectivity index (χ0) is 19.5. The molecular formula is C21H21FN4OS. The lowest BCUT2D eigenvalue weighted by Crippen LogP contribution is -2.31. The van der Waals surface area contributed by atoms with Crippen LogP contribution in [0.25, 0.3) is 5.69 Å². The smallest absolute Gasteiger partial charge is 0.170 e. The number of nitrogens with one attached hydrogen (secondary N) is 1. The number of hydrogen-bond donors (Lipinski definition) is 2. The highest BCUT2D eigenvalue weighted by Gasteiger charge is 2.40. The standard InChI is InChI=1S/C21H21FN4OS/c22-15-6-3-7-16(14-15)25-11-4-9-18(25)20-19(17-8-1-2-10-23-17)24-21(28)26(20)12-5-13-27/h1-4,6-11,14,19-20,27H,5,12-13H2,(H,24,28). The molecule has 0 aliphatic carbocycles. The molecule has 1 aliphatic rings. The molecule has 2 aromatic heterocycles. The third-order valence-electron chi connectivity index (χ3n) is 4.92. The van der Waals surface area contributed by atoms with Crippen molar-refractivity contribution in [3.8, 4) is 5.69 Å². The lowest BCUT2D eigenvalue weighted by molar-refractivity contribution is 0.244. The number of rotatable bonds is 6. The van der Waals surface area contributed by atoms with Crippen LogP contribution in [0.2, 0.25) is 0 Å². The van der Waals surface area contributed by atoms with Gasteiger partial charge in [-0.05, 0) is 61.1 Å². The summed E-state index contributed by atoms with van der Waals surface area (Å²) in [4.78, 5) is 6.60. The molecule has 5 nitrogen and oxygen atoms in total. The van der Waals surface area contributed by atoms with Crippen molar-refractivity contribution in [2.75, 3.05) is 13.2 Å². The summed E-state index contributed by atoms with van der Waals surface area (Å²) in [6, 6.07) is 16.0. The van der Waals surface area contributed by atoms with Gasteiger partial charge < -0.3 is 19.9 Å². The van der Waals surface area contributed by atoms with Crippen LogP contribution in [-0.2, 0) is 0 Å². The second-order valence-electron chi connectivity index (χ2n) is 6.68. The molecule has 2 atom stereocenters. The molecule has 1 aliphatic heterocycles. The van der Waals surface area contributed by atoms with Crippen molar-refractivity contribution in [3.05, 3.63) is 84.2 Å². The van der Waals surface area contributed by atoms with Gasteiger partial charge in [-0.2, -0.15) is 0 Å². The van der Waals surface area contributed by atoms with E-state index in [0.29, 0.717) is 18.1 Å². The molecule has 0 radical (unpaired) electrons. The Morgan fingerprint density at radius 1 is 1.14 bits per heavy atom. The maximum Gasteiger partial charge on any atom is 0.170 e. The van der Waals surface area contributed by atoms with Crippen molar-refractivity contribution >= 4 is 17.3 Å². The summed E-state index contributed by atoms with van der Waals surface area (Å²) >= 11 is 5.60. The van der Waals surface area contributed by atoms with Crippen molar-refractivity contribution < 1.29 is 9.50 Å². The predicted octanol–water partition coefficient (Wildman–Crippen LogP) is 3.37. The fourth-order valence-corrected chi connectivity index (χ4v) is 4.04. The van der Waals surface area contributed by atoms with E-state index in [4.69, 9.17) is 12.2 Å². The lowest BCUT2D eigenvalue weighted by atomic mass is 10.0. The number of thiocarbonyl (C=S) groups is 1. The molecule has 28 heavy (non-hydrogen) atoms. The van der Waals surface area contributed by atoms with E-state index in [9.17, 15) is 9.50 Å². The average Bonchev–Trinajstić information content (AvgIpc) is 3.31. The summed E-state index contributed by atoms with van der Waals surface area (Å²) in [5.41, 5.74) is 2.61. The van der Waals surface area contributed by atoms with Gasteiger partial charge >= 0.3 is 0 Å². The van der Waals surface area contributed by atoms with Gasteiger partial charge in [-0.25, -0.2) is 4.39 Å². The Labute approximate surface area is 168 Å². The maximum absolute atomic E-state index is 13.8. The number of pyridine rings is 1. The minimum absolute atomic E-state index is 0.0883. The molecule has 144 valence electrons. The van der Waals surface area contributed by atoms with Crippen LogP contribution in [0, 0.1) is 5.82 Å². The van der Waals surface area contributed by atoms with E-state index in [1.54, 1.807) is 12.3 Å². The summed E-state index contributed by atoms with van der Waals surface area (Å²) in [5, 5.41) is 13.3. The third kappa shape index (κ3) is 3.50. The highest BCUT2D eigenvalue weighted by molar-refractivity contribution is 7.80. The minimum atomic E-state index is -0.282. The van der Waals surface area contributed by atoms with Gasteiger partial charge in [0.25, 0.3) is 0 Å². The summed E-state index contributed by atoms with van der Waals surface area (Å²) in [7, 11) is 0. The molecule has 0 bridgehead atoms. The van der Waals surface area contributed by atoms with Gasteiger partial charge in [0, 0.05) is 36.9 Å². The van der Waals surface area contributed by atoms with Gasteiger partial charge in [-0.1, -0.05) is 12.1 Å². The van der Waals surface area contributed by atoms with E-state index >= 15 is 0 Å². The van der Waals surface area contributed by atoms with E-state index in [2.05, 4.69) is 15.2 Å². The Bertz CT molecular complexity index is 962. The van der Waals surface area contributed by atoms with Crippen molar-refractivity contribution in [1.82, 2.24) is 19.8 Å². The van der Waals surface area contributed by atoms with E-state index in [-0.39, 0.29) is 24.5 Å². The highest BCUT2D eigenvalue weighted by Crippen LogP contribution is 2.39. The van der Waals surface area contributed by atoms with Crippen LogP contribution in [0.15, 0.2) is 67.0 Å². The first kappa shape index (κ1) is 18.6. The number of aliphatic hydroxyl groups is 1. The average molecular weight is 396 g/mol. The molecule has 2 unspecified atom stereocenters. The normalized spacial score (nSPS) is 19.1. The van der Waals surface area contributed by atoms with Crippen molar-refractivity contribution in [1.29, 1.82) is 0 Å². The summed E-state index contributed by atoms with van der Waals surface area (Å²) in [6.45, 7) is 0.704. The number of nitrogens with zero attached hydrogens (tertiary/aromatic N) is 3. The molecule has 3 heterocycles. The van der Waals surface area contributed by atoms with Crippen LogP contribution < -0.4 is 5.32 Å². The fraction of sp³-hybridized carbons (Fsp3) is 0.238. The molecule has 1 fully saturated rings. The molecule has 4 rings (SSSR count). The second kappa shape index (κ2) is 8.08. The largest absolute Gasteiger partial charge is 0.396 e. The van der Waals surface area contributed by atoms with Crippen molar-refractivity contribution in [2.24, 2.45) is 0 Å². The van der Waals surface area contributed by atoms with Gasteiger partial charge in [0.1, 0.15) is 5.82 Å². The van der Waals surface area contributed by atoms with Crippen molar-refractivity contribution in [3.63, 3.8) is 0 Å². The molecule has 2 N–H and O–H groups in total. The van der Waals surface area contributed by atoms with E-state index < -0.39 is 0 Å². The Morgan fingerprint density at radius 3 is 2.79 bits per heavy atom. The molecule has 3 aromatic rings. The minimum Gasteiger partial charge on any atom is -0.396 e. The number of hydrogen-bond acceptors (Lipinski definition) is 3. The fourth-order valence-electron chi connectivity index (χ4n) is 3.71. The SMILES string of the molecule is OCCCN1C(=S)NC(c2ccccn2)C1c1cccn1-c1cccc(F)c1. The van der Waals surface area contributed by atoms with Crippen molar-refractivity contribution in [2.45, 2.75) is 18.5 Å². The van der Waals surface area contributed by atoms with Gasteiger partial charge in [0.05, 0.1) is 17.8 Å². The summed E-state index contributed by atoms with van der Waals surface area (Å²) in [5.74, 6) is -0.282. The highest BCUT2D eigenvalue weighted by atomic mass is 32.1. The third-order valence-corrected chi connectivity index (χ3v) is 5.28. The van der Waals surface area contributed by atoms with Crippen LogP contribution >= 0.6 is 12.2 Å². The van der Waals surface area contributed by atoms with Crippen LogP contribution in [0.5, 0.6) is 0 Å². The molecule has 7 heteroatoms. The van der Waals surface area contributed by atoms with Crippen LogP contribution in [-0.4, -0.2) is 37.8 Å². The molecule has 1 saturated heterocycles. The van der Waals surface area contributed by atoms with E-state index in [0.717, 1.165) is 17.1 Å². The first-order valence-electron chi connectivity index (χ1n) is 9.21. The predicted molar refractivity (Wildman–Crippen MR) is 110 cm³/mol. The zero-order valence-corrected chi connectivity index (χ0v) is 16.0. The Kier molecular flexibility index (Phi) is 5.36. The quantitative estimate of drug-likeness (QED) is 0.626. The second-order valence-corrected chi connectivity index (χ2v) is 7.07. The van der Waals surface area contributed by atoms with Crippen LogP contribution in [0.4, 0.5) is 4.39 Å². The van der Waals surface area contributed by atoms with Gasteiger partial charge in [0.15, 0.2) is 5.11 Å². The maximum atomic E-state index is 13.8. The molecule has 0 amide bonds. The zero-order valence-electron chi connectivity index (χ0n) is 15.2. The Hall–Kier alpha value is -2.77. The monoisotopic (exact) mass is 396 g/mol. The lowest BCUT2D eigenvalue weighted by Gasteiger charge is -2.28. The molecular weight excluding hydrogens is 375 g/mol. The molecule has 1 aromatic carbocycles. The number of halogens is 1. The Morgan fingerprint density at radius 2 is 2.04 bits per heavy atom. The number of aromatic nitrogens is 2. The Balaban J connectivity index is 1.79. The number of aliphatic hydroxyl groups excluding tert-OH is 1. The van der Waals surface area contributed by atoms with Gasteiger partial charge in [-0.15, -0.1) is 0 Å². The van der Waals surface area contributed by atoms with E-state index in [1.165, 1.54) is 12.1 Å². The van der Waals surface area contributed by atoms with E-state index in [1.807, 2.05) is 47.2 Å². The molecule has 0 saturated carbocycles. The number of benzene rings is 1. The first-order chi connectivity index (χ1) is 13.7. The first-order valence-corrected chi connectivity index (χ1v) is 9.62. The van der Waals surface area contributed by atoms with Crippen LogP contribution in [0.3, 0.4) is 0 Å². The van der Waals surface area contributed by atoms with Crippen LogP contribution in [0.1, 0.15) is 29.9 Å².